The molecule has 0 radical (unpaired) electrons. The van der Waals surface area contributed by atoms with Gasteiger partial charge in [0.2, 0.25) is 5.91 Å². The number of hydrogen-bond donors (Lipinski definition) is 3. The third-order valence-corrected chi connectivity index (χ3v) is 6.17. The zero-order chi connectivity index (χ0) is 25.4. The number of H-pyrrole nitrogens is 2. The first-order chi connectivity index (χ1) is 16.8. The molecule has 35 heavy (non-hydrogen) atoms. The smallest absolute Gasteiger partial charge is 0.330 e. The first-order valence-corrected chi connectivity index (χ1v) is 12.5. The zero-order valence-corrected chi connectivity index (χ0v) is 20.7. The van der Waals surface area contributed by atoms with Crippen LogP contribution in [0, 0.1) is 0 Å². The summed E-state index contributed by atoms with van der Waals surface area (Å²) in [5.74, 6) is -0.526. The number of anilines is 2. The number of carbonyl (C=O) groups is 1. The maximum atomic E-state index is 13.3. The van der Waals surface area contributed by atoms with Gasteiger partial charge in [0.15, 0.2) is 10.8 Å². The second-order valence-corrected chi connectivity index (χ2v) is 9.01. The van der Waals surface area contributed by atoms with Crippen molar-refractivity contribution in [3.8, 4) is 0 Å². The van der Waals surface area contributed by atoms with Crippen LogP contribution in [0.5, 0.6) is 0 Å². The molecular formula is C24H30N6O4S. The molecule has 0 saturated heterocycles. The maximum absolute atomic E-state index is 13.3. The number of unbranched alkanes of at least 4 members (excludes halogenated alkanes) is 1. The lowest BCUT2D eigenvalue weighted by Gasteiger charge is -2.24. The van der Waals surface area contributed by atoms with Crippen molar-refractivity contribution in [1.82, 2.24) is 19.5 Å². The molecule has 11 heteroatoms. The van der Waals surface area contributed by atoms with E-state index in [0.717, 1.165) is 30.2 Å². The van der Waals surface area contributed by atoms with Gasteiger partial charge >= 0.3 is 5.69 Å². The topological polar surface area (TPSA) is 147 Å². The lowest BCUT2D eigenvalue weighted by molar-refractivity contribution is -0.116. The van der Waals surface area contributed by atoms with Crippen LogP contribution < -0.4 is 27.4 Å². The molecule has 2 heterocycles. The molecule has 1 aromatic carbocycles. The largest absolute Gasteiger partial charge is 0.383 e. The molecule has 0 unspecified atom stereocenters. The lowest BCUT2D eigenvalue weighted by atomic mass is 10.2. The highest BCUT2D eigenvalue weighted by Gasteiger charge is 2.24. The predicted octanol–water partition coefficient (Wildman–Crippen LogP) is 2.13. The van der Waals surface area contributed by atoms with Crippen molar-refractivity contribution >= 4 is 29.2 Å². The number of thioether (sulfide) groups is 1. The molecule has 0 aliphatic rings. The van der Waals surface area contributed by atoms with Gasteiger partial charge in [-0.15, -0.1) is 0 Å². The zero-order valence-electron chi connectivity index (χ0n) is 19.9. The summed E-state index contributed by atoms with van der Waals surface area (Å²) in [6.45, 7) is 4.36. The Morgan fingerprint density at radius 1 is 1.11 bits per heavy atom. The van der Waals surface area contributed by atoms with E-state index >= 15 is 0 Å². The number of nitrogen functional groups attached to an aromatic ring is 1. The van der Waals surface area contributed by atoms with Crippen molar-refractivity contribution in [3.63, 3.8) is 0 Å². The first kappa shape index (κ1) is 26.0. The van der Waals surface area contributed by atoms with E-state index in [1.54, 1.807) is 0 Å². The molecule has 1 amide bonds. The number of aromatic nitrogens is 4. The van der Waals surface area contributed by atoms with Crippen molar-refractivity contribution in [2.75, 3.05) is 22.9 Å². The van der Waals surface area contributed by atoms with E-state index in [9.17, 15) is 19.2 Å². The Balaban J connectivity index is 1.92. The first-order valence-electron chi connectivity index (χ1n) is 11.5. The van der Waals surface area contributed by atoms with Gasteiger partial charge in [-0.05, 0) is 18.4 Å². The van der Waals surface area contributed by atoms with Gasteiger partial charge in [0, 0.05) is 18.3 Å². The van der Waals surface area contributed by atoms with Crippen LogP contribution in [-0.4, -0.2) is 37.7 Å². The van der Waals surface area contributed by atoms with Crippen LogP contribution >= 0.6 is 11.8 Å². The molecule has 10 nitrogen and oxygen atoms in total. The third kappa shape index (κ3) is 6.72. The van der Waals surface area contributed by atoms with E-state index in [4.69, 9.17) is 5.73 Å². The second kappa shape index (κ2) is 12.2. The van der Waals surface area contributed by atoms with Crippen molar-refractivity contribution in [2.45, 2.75) is 51.2 Å². The number of rotatable bonds is 11. The Morgan fingerprint density at radius 3 is 2.54 bits per heavy atom. The van der Waals surface area contributed by atoms with Gasteiger partial charge in [-0.25, -0.2) is 9.78 Å². The summed E-state index contributed by atoms with van der Waals surface area (Å²) in [6, 6.07) is 10.7. The number of nitrogens with zero attached hydrogens (tertiary/aromatic N) is 3. The van der Waals surface area contributed by atoms with Gasteiger partial charge in [0.25, 0.3) is 11.1 Å². The Bertz CT molecular complexity index is 1330. The third-order valence-electron chi connectivity index (χ3n) is 5.32. The number of hydrogen-bond acceptors (Lipinski definition) is 7. The van der Waals surface area contributed by atoms with E-state index in [1.807, 2.05) is 44.2 Å². The average molecular weight is 499 g/mol. The molecule has 0 saturated carbocycles. The standard InChI is InChI=1S/C24H30N6O4S/c1-3-5-12-29(19(32)15-35-23-26-17(9-4-2)13-18(31)27-23)20-21(25)30(24(34)28-22(20)33)14-16-10-7-6-8-11-16/h6-8,10-11,13H,3-5,9,12,14-15,25H2,1-2H3,(H,26,27,31)(H,28,33,34). The van der Waals surface area contributed by atoms with E-state index in [2.05, 4.69) is 15.0 Å². The van der Waals surface area contributed by atoms with Crippen LogP contribution in [0.4, 0.5) is 11.5 Å². The number of nitrogens with two attached hydrogens (primary N) is 1. The number of nitrogens with one attached hydrogen (secondary N) is 2. The quantitative estimate of drug-likeness (QED) is 0.271. The molecule has 0 aliphatic heterocycles. The van der Waals surface area contributed by atoms with Crippen molar-refractivity contribution < 1.29 is 4.79 Å². The number of aromatic amines is 2. The van der Waals surface area contributed by atoms with Crippen molar-refractivity contribution in [1.29, 1.82) is 0 Å². The Morgan fingerprint density at radius 2 is 1.86 bits per heavy atom. The minimum atomic E-state index is -0.720. The minimum Gasteiger partial charge on any atom is -0.383 e. The van der Waals surface area contributed by atoms with Gasteiger partial charge in [-0.3, -0.25) is 23.9 Å². The predicted molar refractivity (Wildman–Crippen MR) is 138 cm³/mol. The van der Waals surface area contributed by atoms with Crippen LogP contribution in [0.3, 0.4) is 0 Å². The molecule has 4 N–H and O–H groups in total. The molecule has 3 rings (SSSR count). The number of carbonyl (C=O) groups excluding carboxylic acids is 1. The number of benzene rings is 1. The maximum Gasteiger partial charge on any atom is 0.330 e. The highest BCUT2D eigenvalue weighted by Crippen LogP contribution is 2.21. The van der Waals surface area contributed by atoms with E-state index < -0.39 is 11.2 Å². The Labute approximate surface area is 206 Å². The minimum absolute atomic E-state index is 0.0548. The number of amides is 1. The lowest BCUT2D eigenvalue weighted by Crippen LogP contribution is -2.42. The molecule has 0 spiro atoms. The van der Waals surface area contributed by atoms with E-state index in [1.165, 1.54) is 15.5 Å². The van der Waals surface area contributed by atoms with Gasteiger partial charge < -0.3 is 15.6 Å². The van der Waals surface area contributed by atoms with Gasteiger partial charge in [-0.2, -0.15) is 0 Å². The van der Waals surface area contributed by atoms with Crippen LogP contribution in [0.15, 0.2) is 55.9 Å². The summed E-state index contributed by atoms with van der Waals surface area (Å²) < 4.78 is 1.25. The summed E-state index contributed by atoms with van der Waals surface area (Å²) in [6.07, 6.45) is 2.91. The average Bonchev–Trinajstić information content (AvgIpc) is 2.82. The molecule has 0 atom stereocenters. The SMILES string of the molecule is CCCCN(C(=O)CSc1nc(CCC)cc(=O)[nH]1)c1c(N)n(Cc2ccccc2)c(=O)[nH]c1=O. The normalized spacial score (nSPS) is 10.9. The fourth-order valence-corrected chi connectivity index (χ4v) is 4.35. The van der Waals surface area contributed by atoms with Crippen LogP contribution in [0.25, 0.3) is 0 Å². The molecule has 2 aromatic heterocycles. The molecule has 3 aromatic rings. The molecule has 186 valence electrons. The highest BCUT2D eigenvalue weighted by molar-refractivity contribution is 7.99. The van der Waals surface area contributed by atoms with Crippen molar-refractivity contribution in [2.24, 2.45) is 0 Å². The van der Waals surface area contributed by atoms with Crippen molar-refractivity contribution in [3.05, 3.63) is 78.8 Å². The summed E-state index contributed by atoms with van der Waals surface area (Å²) in [4.78, 5) is 61.2. The summed E-state index contributed by atoms with van der Waals surface area (Å²) in [5.41, 5.74) is 6.08. The Hall–Kier alpha value is -3.60. The monoisotopic (exact) mass is 498 g/mol. The van der Waals surface area contributed by atoms with Gasteiger partial charge in [0.1, 0.15) is 5.82 Å². The van der Waals surface area contributed by atoms with Crippen LogP contribution in [0.1, 0.15) is 44.4 Å². The summed E-state index contributed by atoms with van der Waals surface area (Å²) in [5, 5.41) is 0.334. The molecule has 0 bridgehead atoms. The second-order valence-electron chi connectivity index (χ2n) is 8.04. The molecular weight excluding hydrogens is 468 g/mol. The van der Waals surface area contributed by atoms with E-state index in [0.29, 0.717) is 23.7 Å². The molecule has 0 fully saturated rings. The summed E-state index contributed by atoms with van der Waals surface area (Å²) >= 11 is 1.08. The van der Waals surface area contributed by atoms with Crippen LogP contribution in [0.2, 0.25) is 0 Å². The fraction of sp³-hybridized carbons (Fsp3) is 0.375. The summed E-state index contributed by atoms with van der Waals surface area (Å²) in [7, 11) is 0. The van der Waals surface area contributed by atoms with Gasteiger partial charge in [0.05, 0.1) is 12.3 Å². The van der Waals surface area contributed by atoms with E-state index in [-0.39, 0.29) is 41.8 Å². The molecule has 0 aliphatic carbocycles. The number of aryl methyl sites for hydroxylation is 1. The fourth-order valence-electron chi connectivity index (χ4n) is 3.58. The van der Waals surface area contributed by atoms with Gasteiger partial charge in [-0.1, -0.05) is 68.8 Å². The Kier molecular flexibility index (Phi) is 9.07. The van der Waals surface area contributed by atoms with Crippen LogP contribution in [-0.2, 0) is 17.8 Å². The highest BCUT2D eigenvalue weighted by atomic mass is 32.2.